The Morgan fingerprint density at radius 1 is 0.943 bits per heavy atom. The largest absolute Gasteiger partial charge is 0.496 e. The van der Waals surface area contributed by atoms with Gasteiger partial charge in [0.2, 0.25) is 0 Å². The van der Waals surface area contributed by atoms with E-state index in [-0.39, 0.29) is 35.2 Å². The van der Waals surface area contributed by atoms with Crippen molar-refractivity contribution in [2.24, 2.45) is 11.3 Å². The standard InChI is InChI=1S/C30H40O5/c1-18(2)20-24(32-6)21-22(28(31)35-17-19-13-10-9-11-14-19)27-29(3,4)15-12-16-30(27,5)23(21)26(34-8)25(20)33-7/h9-11,13-14,18,22,27H,12,15-17H2,1-8H3/t22-,27+,30-/m1/s1. The number of rotatable bonds is 7. The second kappa shape index (κ2) is 9.40. The van der Waals surface area contributed by atoms with Crippen LogP contribution in [0.2, 0.25) is 0 Å². The van der Waals surface area contributed by atoms with Crippen LogP contribution in [0.5, 0.6) is 17.2 Å². The number of hydrogen-bond acceptors (Lipinski definition) is 5. The molecule has 3 atom stereocenters. The van der Waals surface area contributed by atoms with E-state index in [1.165, 1.54) is 0 Å². The monoisotopic (exact) mass is 480 g/mol. The molecule has 0 spiro atoms. The van der Waals surface area contributed by atoms with Crippen LogP contribution in [0.4, 0.5) is 0 Å². The Hall–Kier alpha value is -2.69. The molecule has 0 saturated heterocycles. The van der Waals surface area contributed by atoms with E-state index >= 15 is 0 Å². The topological polar surface area (TPSA) is 54.0 Å². The van der Waals surface area contributed by atoms with Gasteiger partial charge in [0.15, 0.2) is 11.5 Å². The van der Waals surface area contributed by atoms with Crippen molar-refractivity contribution >= 4 is 5.97 Å². The van der Waals surface area contributed by atoms with Gasteiger partial charge in [-0.2, -0.15) is 0 Å². The minimum absolute atomic E-state index is 0.0527. The lowest BCUT2D eigenvalue weighted by Gasteiger charge is -2.49. The molecule has 0 heterocycles. The fraction of sp³-hybridized carbons (Fsp3) is 0.567. The quantitative estimate of drug-likeness (QED) is 0.410. The van der Waals surface area contributed by atoms with Crippen molar-refractivity contribution in [2.45, 2.75) is 77.7 Å². The Balaban J connectivity index is 1.97. The minimum Gasteiger partial charge on any atom is -0.496 e. The Kier molecular flexibility index (Phi) is 6.82. The zero-order chi connectivity index (χ0) is 25.5. The van der Waals surface area contributed by atoms with Crippen molar-refractivity contribution in [3.63, 3.8) is 0 Å². The summed E-state index contributed by atoms with van der Waals surface area (Å²) in [6.45, 7) is 11.3. The molecule has 0 N–H and O–H groups in total. The highest BCUT2D eigenvalue weighted by Gasteiger charge is 2.62. The van der Waals surface area contributed by atoms with E-state index in [1.54, 1.807) is 21.3 Å². The molecule has 35 heavy (non-hydrogen) atoms. The Morgan fingerprint density at radius 2 is 1.57 bits per heavy atom. The third kappa shape index (κ3) is 3.97. The number of methoxy groups -OCH3 is 3. The van der Waals surface area contributed by atoms with Crippen molar-refractivity contribution in [2.75, 3.05) is 21.3 Å². The van der Waals surface area contributed by atoms with E-state index in [2.05, 4.69) is 34.6 Å². The molecule has 5 heteroatoms. The Labute approximate surface area is 210 Å². The van der Waals surface area contributed by atoms with Crippen LogP contribution in [-0.2, 0) is 21.6 Å². The fourth-order valence-corrected chi connectivity index (χ4v) is 7.15. The lowest BCUT2D eigenvalue weighted by Crippen LogP contribution is -2.45. The average molecular weight is 481 g/mol. The first-order chi connectivity index (χ1) is 16.6. The molecule has 2 aromatic carbocycles. The van der Waals surface area contributed by atoms with Crippen LogP contribution in [0.25, 0.3) is 0 Å². The molecule has 2 aromatic rings. The molecule has 0 unspecified atom stereocenters. The number of carbonyl (C=O) groups is 1. The summed E-state index contributed by atoms with van der Waals surface area (Å²) >= 11 is 0. The SMILES string of the molecule is COc1c(OC)c2c(c(OC)c1C(C)C)[C@@H](C(=O)OCc1ccccc1)[C@H]1C(C)(C)CCC[C@]21C. The third-order valence-corrected chi connectivity index (χ3v) is 8.37. The van der Waals surface area contributed by atoms with Gasteiger partial charge in [0.1, 0.15) is 12.4 Å². The maximum atomic E-state index is 14.0. The molecule has 0 radical (unpaired) electrons. The zero-order valence-corrected chi connectivity index (χ0v) is 22.5. The van der Waals surface area contributed by atoms with E-state index in [0.717, 1.165) is 53.0 Å². The molecule has 0 amide bonds. The van der Waals surface area contributed by atoms with Crippen LogP contribution in [-0.4, -0.2) is 27.3 Å². The van der Waals surface area contributed by atoms with Gasteiger partial charge in [-0.15, -0.1) is 0 Å². The van der Waals surface area contributed by atoms with E-state index in [9.17, 15) is 4.79 Å². The average Bonchev–Trinajstić information content (AvgIpc) is 3.12. The summed E-state index contributed by atoms with van der Waals surface area (Å²) < 4.78 is 24.2. The minimum atomic E-state index is -0.443. The van der Waals surface area contributed by atoms with Gasteiger partial charge in [-0.3, -0.25) is 4.79 Å². The van der Waals surface area contributed by atoms with E-state index in [0.29, 0.717) is 5.75 Å². The second-order valence-electron chi connectivity index (χ2n) is 11.3. The first-order valence-electron chi connectivity index (χ1n) is 12.7. The van der Waals surface area contributed by atoms with Crippen LogP contribution in [0.3, 0.4) is 0 Å². The number of esters is 1. The van der Waals surface area contributed by atoms with Gasteiger partial charge in [0.05, 0.1) is 27.2 Å². The van der Waals surface area contributed by atoms with Gasteiger partial charge < -0.3 is 18.9 Å². The van der Waals surface area contributed by atoms with Crippen LogP contribution in [0.1, 0.15) is 88.0 Å². The molecule has 0 aliphatic heterocycles. The first-order valence-corrected chi connectivity index (χ1v) is 12.7. The Bertz CT molecular complexity index is 1090. The number of fused-ring (bicyclic) bond motifs is 3. The summed E-state index contributed by atoms with van der Waals surface area (Å²) in [4.78, 5) is 14.0. The van der Waals surface area contributed by atoms with Crippen molar-refractivity contribution in [1.82, 2.24) is 0 Å². The van der Waals surface area contributed by atoms with Gasteiger partial charge in [0, 0.05) is 22.1 Å². The van der Waals surface area contributed by atoms with E-state index in [1.807, 2.05) is 30.3 Å². The predicted molar refractivity (Wildman–Crippen MR) is 138 cm³/mol. The molecule has 1 saturated carbocycles. The molecule has 1 fully saturated rings. The summed E-state index contributed by atoms with van der Waals surface area (Å²) in [5.74, 6) is 1.71. The Morgan fingerprint density at radius 3 is 2.14 bits per heavy atom. The molecule has 190 valence electrons. The van der Waals surface area contributed by atoms with Crippen LogP contribution >= 0.6 is 0 Å². The molecular formula is C30H40O5. The lowest BCUT2D eigenvalue weighted by atomic mass is 9.55. The van der Waals surface area contributed by atoms with Gasteiger partial charge in [-0.25, -0.2) is 0 Å². The van der Waals surface area contributed by atoms with Crippen molar-refractivity contribution < 1.29 is 23.7 Å². The van der Waals surface area contributed by atoms with Crippen molar-refractivity contribution in [3.05, 3.63) is 52.6 Å². The van der Waals surface area contributed by atoms with E-state index in [4.69, 9.17) is 18.9 Å². The summed E-state index contributed by atoms with van der Waals surface area (Å²) in [5, 5.41) is 0. The second-order valence-corrected chi connectivity index (χ2v) is 11.3. The number of benzene rings is 2. The zero-order valence-electron chi connectivity index (χ0n) is 22.5. The van der Waals surface area contributed by atoms with Crippen molar-refractivity contribution in [3.8, 4) is 17.2 Å². The fourth-order valence-electron chi connectivity index (χ4n) is 7.15. The van der Waals surface area contributed by atoms with Crippen LogP contribution < -0.4 is 14.2 Å². The maximum Gasteiger partial charge on any atom is 0.314 e. The predicted octanol–water partition coefficient (Wildman–Crippen LogP) is 6.76. The lowest BCUT2D eigenvalue weighted by molar-refractivity contribution is -0.151. The maximum absolute atomic E-state index is 14.0. The highest BCUT2D eigenvalue weighted by atomic mass is 16.5. The number of carbonyl (C=O) groups excluding carboxylic acids is 1. The highest BCUT2D eigenvalue weighted by molar-refractivity contribution is 5.86. The molecule has 5 nitrogen and oxygen atoms in total. The normalized spacial score (nSPS) is 24.5. The van der Waals surface area contributed by atoms with Gasteiger partial charge >= 0.3 is 5.97 Å². The summed E-state index contributed by atoms with van der Waals surface area (Å²) in [6.07, 6.45) is 3.12. The number of hydrogen-bond donors (Lipinski definition) is 0. The third-order valence-electron chi connectivity index (χ3n) is 8.37. The molecule has 0 aromatic heterocycles. The summed E-state index contributed by atoms with van der Waals surface area (Å²) in [5.41, 5.74) is 3.56. The molecule has 4 rings (SSSR count). The number of ether oxygens (including phenoxy) is 4. The van der Waals surface area contributed by atoms with Crippen molar-refractivity contribution in [1.29, 1.82) is 0 Å². The van der Waals surface area contributed by atoms with E-state index < -0.39 is 5.92 Å². The van der Waals surface area contributed by atoms with Gasteiger partial charge in [0.25, 0.3) is 0 Å². The molecule has 2 aliphatic carbocycles. The highest BCUT2D eigenvalue weighted by Crippen LogP contribution is 2.69. The molecule has 2 aliphatic rings. The molecular weight excluding hydrogens is 440 g/mol. The summed E-state index contributed by atoms with van der Waals surface area (Å²) in [6, 6.07) is 9.85. The summed E-state index contributed by atoms with van der Waals surface area (Å²) in [7, 11) is 5.07. The van der Waals surface area contributed by atoms with Gasteiger partial charge in [-0.05, 0) is 35.7 Å². The van der Waals surface area contributed by atoms with Gasteiger partial charge in [-0.1, -0.05) is 71.4 Å². The van der Waals surface area contributed by atoms with Crippen LogP contribution in [0.15, 0.2) is 30.3 Å². The molecule has 0 bridgehead atoms. The van der Waals surface area contributed by atoms with Crippen LogP contribution in [0, 0.1) is 11.3 Å². The smallest absolute Gasteiger partial charge is 0.314 e. The first kappa shape index (κ1) is 25.4.